The van der Waals surface area contributed by atoms with Crippen molar-refractivity contribution in [2.45, 2.75) is 17.9 Å². The van der Waals surface area contributed by atoms with Gasteiger partial charge in [-0.2, -0.15) is 0 Å². The molecule has 136 valence electrons. The zero-order chi connectivity index (χ0) is 17.7. The van der Waals surface area contributed by atoms with E-state index in [2.05, 4.69) is 5.32 Å². The summed E-state index contributed by atoms with van der Waals surface area (Å²) in [7, 11) is 0. The van der Waals surface area contributed by atoms with Gasteiger partial charge in [-0.1, -0.05) is 19.1 Å². The Hall–Kier alpha value is -1.63. The van der Waals surface area contributed by atoms with E-state index in [1.807, 2.05) is 24.5 Å². The molecule has 0 fully saturated rings. The second kappa shape index (κ2) is 9.75. The van der Waals surface area contributed by atoms with Crippen molar-refractivity contribution in [3.05, 3.63) is 65.2 Å². The Labute approximate surface area is 156 Å². The van der Waals surface area contributed by atoms with Crippen LogP contribution in [-0.4, -0.2) is 18.7 Å². The number of nitrogens with two attached hydrogens (primary N) is 1. The van der Waals surface area contributed by atoms with Gasteiger partial charge >= 0.3 is 0 Å². The minimum absolute atomic E-state index is 0. The van der Waals surface area contributed by atoms with E-state index >= 15 is 0 Å². The van der Waals surface area contributed by atoms with Crippen molar-refractivity contribution in [1.29, 1.82) is 0 Å². The van der Waals surface area contributed by atoms with Crippen LogP contribution in [0.25, 0.3) is 0 Å². The molecule has 0 aliphatic carbocycles. The Morgan fingerprint density at radius 2 is 1.96 bits per heavy atom. The molecule has 2 rings (SSSR count). The summed E-state index contributed by atoms with van der Waals surface area (Å²) in [6.45, 7) is 1.86. The summed E-state index contributed by atoms with van der Waals surface area (Å²) in [5.74, 6) is -1.86. The minimum Gasteiger partial charge on any atom is -0.345 e. The van der Waals surface area contributed by atoms with Gasteiger partial charge in [-0.3, -0.25) is 4.79 Å². The molecule has 7 heteroatoms. The van der Waals surface area contributed by atoms with Gasteiger partial charge in [0.05, 0.1) is 6.04 Å². The van der Waals surface area contributed by atoms with Crippen LogP contribution in [0.2, 0.25) is 0 Å². The lowest BCUT2D eigenvalue weighted by molar-refractivity contribution is -0.124. The van der Waals surface area contributed by atoms with E-state index in [0.717, 1.165) is 23.1 Å². The van der Waals surface area contributed by atoms with Crippen LogP contribution in [-0.2, 0) is 4.79 Å². The molecule has 25 heavy (non-hydrogen) atoms. The second-order valence-corrected chi connectivity index (χ2v) is 6.40. The van der Waals surface area contributed by atoms with Gasteiger partial charge in [-0.15, -0.1) is 24.2 Å². The fraction of sp³-hybridized carbons (Fsp3) is 0.278. The number of carbonyl (C=O) groups is 1. The highest BCUT2D eigenvalue weighted by atomic mass is 35.5. The second-order valence-electron chi connectivity index (χ2n) is 5.52. The molecule has 0 spiro atoms. The maximum atomic E-state index is 14.3. The number of thioether (sulfide) groups is 1. The molecule has 2 unspecified atom stereocenters. The first-order valence-corrected chi connectivity index (χ1v) is 8.78. The number of halogens is 3. The van der Waals surface area contributed by atoms with E-state index in [1.54, 1.807) is 13.0 Å². The van der Waals surface area contributed by atoms with Crippen LogP contribution in [0.15, 0.2) is 47.4 Å². The summed E-state index contributed by atoms with van der Waals surface area (Å²) in [5.41, 5.74) is 6.30. The van der Waals surface area contributed by atoms with Gasteiger partial charge in [-0.05, 0) is 42.2 Å². The quantitative estimate of drug-likeness (QED) is 0.740. The van der Waals surface area contributed by atoms with Gasteiger partial charge in [0.2, 0.25) is 5.91 Å². The predicted molar refractivity (Wildman–Crippen MR) is 100 cm³/mol. The van der Waals surface area contributed by atoms with Crippen molar-refractivity contribution in [1.82, 2.24) is 5.32 Å². The summed E-state index contributed by atoms with van der Waals surface area (Å²) < 4.78 is 27.9. The molecule has 3 nitrogen and oxygen atoms in total. The Bertz CT molecular complexity index is 730. The Kier molecular flexibility index (Phi) is 8.35. The molecular formula is C18H21ClF2N2OS. The lowest BCUT2D eigenvalue weighted by Crippen LogP contribution is -2.36. The van der Waals surface area contributed by atoms with Crippen molar-refractivity contribution >= 4 is 30.1 Å². The summed E-state index contributed by atoms with van der Waals surface area (Å²) >= 11 is 1.53. The van der Waals surface area contributed by atoms with Crippen LogP contribution >= 0.6 is 24.2 Å². The summed E-state index contributed by atoms with van der Waals surface area (Å²) in [5, 5.41) is 2.78. The Morgan fingerprint density at radius 1 is 1.24 bits per heavy atom. The first kappa shape index (κ1) is 21.4. The fourth-order valence-corrected chi connectivity index (χ4v) is 2.76. The summed E-state index contributed by atoms with van der Waals surface area (Å²) in [4.78, 5) is 13.2. The van der Waals surface area contributed by atoms with E-state index < -0.39 is 23.6 Å². The molecule has 2 atom stereocenters. The zero-order valence-electron chi connectivity index (χ0n) is 14.0. The highest BCUT2D eigenvalue weighted by molar-refractivity contribution is 7.98. The molecular weight excluding hydrogens is 366 g/mol. The van der Waals surface area contributed by atoms with Crippen LogP contribution in [0.3, 0.4) is 0 Å². The maximum Gasteiger partial charge on any atom is 0.224 e. The number of hydrogen-bond acceptors (Lipinski definition) is 3. The van der Waals surface area contributed by atoms with Gasteiger partial charge in [0.15, 0.2) is 0 Å². The predicted octanol–water partition coefficient (Wildman–Crippen LogP) is 3.91. The molecule has 0 aromatic heterocycles. The highest BCUT2D eigenvalue weighted by Crippen LogP contribution is 2.28. The van der Waals surface area contributed by atoms with Gasteiger partial charge in [0, 0.05) is 22.9 Å². The van der Waals surface area contributed by atoms with Gasteiger partial charge in [-0.25, -0.2) is 8.78 Å². The van der Waals surface area contributed by atoms with Crippen LogP contribution in [0.5, 0.6) is 0 Å². The number of benzene rings is 2. The van der Waals surface area contributed by atoms with Gasteiger partial charge in [0.25, 0.3) is 0 Å². The summed E-state index contributed by atoms with van der Waals surface area (Å²) in [6.07, 6.45) is 1.92. The van der Waals surface area contributed by atoms with E-state index in [1.165, 1.54) is 11.8 Å². The van der Waals surface area contributed by atoms with E-state index in [4.69, 9.17) is 5.73 Å². The SMILES string of the molecule is CSc1cccc(C(NC(=O)C(C)CN)c2cc(F)ccc2F)c1.Cl. The molecule has 0 saturated carbocycles. The molecule has 2 aromatic carbocycles. The maximum absolute atomic E-state index is 14.3. The average Bonchev–Trinajstić information content (AvgIpc) is 2.61. The van der Waals surface area contributed by atoms with Crippen molar-refractivity contribution in [3.8, 4) is 0 Å². The molecule has 3 N–H and O–H groups in total. The smallest absolute Gasteiger partial charge is 0.224 e. The third-order valence-corrected chi connectivity index (χ3v) is 4.51. The first-order chi connectivity index (χ1) is 11.5. The molecule has 0 bridgehead atoms. The third-order valence-electron chi connectivity index (χ3n) is 3.78. The number of amides is 1. The van der Waals surface area contributed by atoms with E-state index in [9.17, 15) is 13.6 Å². The van der Waals surface area contributed by atoms with Crippen molar-refractivity contribution < 1.29 is 13.6 Å². The lowest BCUT2D eigenvalue weighted by Gasteiger charge is -2.22. The monoisotopic (exact) mass is 386 g/mol. The normalized spacial score (nSPS) is 12.8. The first-order valence-electron chi connectivity index (χ1n) is 7.55. The van der Waals surface area contributed by atoms with Crippen molar-refractivity contribution in [3.63, 3.8) is 0 Å². The van der Waals surface area contributed by atoms with Crippen molar-refractivity contribution in [2.24, 2.45) is 11.7 Å². The molecule has 0 heterocycles. The zero-order valence-corrected chi connectivity index (χ0v) is 15.6. The number of carbonyl (C=O) groups excluding carboxylic acids is 1. The number of rotatable bonds is 6. The van der Waals surface area contributed by atoms with Crippen LogP contribution in [0.1, 0.15) is 24.1 Å². The lowest BCUT2D eigenvalue weighted by atomic mass is 9.97. The highest BCUT2D eigenvalue weighted by Gasteiger charge is 2.23. The van der Waals surface area contributed by atoms with Crippen LogP contribution in [0.4, 0.5) is 8.78 Å². The van der Waals surface area contributed by atoms with Crippen molar-refractivity contribution in [2.75, 3.05) is 12.8 Å². The molecule has 1 amide bonds. The molecule has 0 saturated heterocycles. The molecule has 0 aliphatic rings. The average molecular weight is 387 g/mol. The van der Waals surface area contributed by atoms with E-state index in [0.29, 0.717) is 5.56 Å². The molecule has 2 aromatic rings. The van der Waals surface area contributed by atoms with Crippen LogP contribution < -0.4 is 11.1 Å². The van der Waals surface area contributed by atoms with Gasteiger partial charge < -0.3 is 11.1 Å². The topological polar surface area (TPSA) is 55.1 Å². The standard InChI is InChI=1S/C18H20F2N2OS.ClH/c1-11(10-21)18(23)22-17(12-4-3-5-14(8-12)24-2)15-9-13(19)6-7-16(15)20;/h3-9,11,17H,10,21H2,1-2H3,(H,22,23);1H. The number of nitrogens with one attached hydrogen (secondary N) is 1. The minimum atomic E-state index is -0.783. The third kappa shape index (κ3) is 5.42. The Balaban J connectivity index is 0.00000312. The summed E-state index contributed by atoms with van der Waals surface area (Å²) in [6, 6.07) is 9.82. The Morgan fingerprint density at radius 3 is 2.60 bits per heavy atom. The fourth-order valence-electron chi connectivity index (χ4n) is 2.29. The van der Waals surface area contributed by atoms with Gasteiger partial charge in [0.1, 0.15) is 11.6 Å². The van der Waals surface area contributed by atoms with E-state index in [-0.39, 0.29) is 30.4 Å². The molecule has 0 aliphatic heterocycles. The number of hydrogen-bond donors (Lipinski definition) is 2. The van der Waals surface area contributed by atoms with Crippen LogP contribution in [0, 0.1) is 17.6 Å². The molecule has 0 radical (unpaired) electrons. The largest absolute Gasteiger partial charge is 0.345 e.